The molecule has 0 atom stereocenters. The van der Waals surface area contributed by atoms with Crippen molar-refractivity contribution in [2.45, 2.75) is 6.92 Å². The van der Waals surface area contributed by atoms with Crippen molar-refractivity contribution in [2.75, 3.05) is 20.8 Å². The normalized spacial score (nSPS) is 16.6. The minimum absolute atomic E-state index is 0.150. The van der Waals surface area contributed by atoms with Crippen LogP contribution in [-0.4, -0.2) is 36.7 Å². The first-order valence-corrected chi connectivity index (χ1v) is 6.59. The molecule has 1 saturated heterocycles. The Balaban J connectivity index is 2.30. The number of rotatable bonds is 4. The Morgan fingerprint density at radius 3 is 2.70 bits per heavy atom. The van der Waals surface area contributed by atoms with Crippen LogP contribution in [0.5, 0.6) is 11.5 Å². The molecule has 106 valence electrons. The van der Waals surface area contributed by atoms with Gasteiger partial charge < -0.3 is 14.8 Å². The van der Waals surface area contributed by atoms with Gasteiger partial charge in [0.1, 0.15) is 5.70 Å². The third-order valence-corrected chi connectivity index (χ3v) is 3.26. The molecule has 0 spiro atoms. The van der Waals surface area contributed by atoms with E-state index >= 15 is 0 Å². The van der Waals surface area contributed by atoms with Crippen LogP contribution >= 0.6 is 12.2 Å². The molecule has 1 heterocycles. The van der Waals surface area contributed by atoms with Crippen molar-refractivity contribution in [3.63, 3.8) is 0 Å². The van der Waals surface area contributed by atoms with Crippen molar-refractivity contribution in [1.82, 2.24) is 10.2 Å². The molecule has 0 radical (unpaired) electrons. The Morgan fingerprint density at radius 1 is 1.40 bits per heavy atom. The molecule has 1 N–H and O–H groups in total. The number of thiocarbonyl (C=S) groups is 1. The first-order chi connectivity index (χ1) is 9.56. The van der Waals surface area contributed by atoms with Gasteiger partial charge in [0.2, 0.25) is 0 Å². The number of hydrogen-bond acceptors (Lipinski definition) is 4. The summed E-state index contributed by atoms with van der Waals surface area (Å²) < 4.78 is 10.7. The van der Waals surface area contributed by atoms with Crippen molar-refractivity contribution >= 4 is 29.3 Å². The van der Waals surface area contributed by atoms with E-state index < -0.39 is 0 Å². The topological polar surface area (TPSA) is 50.8 Å². The third kappa shape index (κ3) is 2.75. The van der Waals surface area contributed by atoms with Crippen LogP contribution in [-0.2, 0) is 4.79 Å². The molecule has 0 aromatic heterocycles. The van der Waals surface area contributed by atoms with E-state index in [0.29, 0.717) is 28.9 Å². The van der Waals surface area contributed by atoms with Gasteiger partial charge in [-0.15, -0.1) is 0 Å². The summed E-state index contributed by atoms with van der Waals surface area (Å²) >= 11 is 5.02. The van der Waals surface area contributed by atoms with Crippen molar-refractivity contribution in [1.29, 1.82) is 0 Å². The Labute approximate surface area is 123 Å². The van der Waals surface area contributed by atoms with E-state index in [2.05, 4.69) is 5.32 Å². The number of hydrogen-bond donors (Lipinski definition) is 1. The van der Waals surface area contributed by atoms with Crippen LogP contribution in [0.3, 0.4) is 0 Å². The number of methoxy groups -OCH3 is 1. The van der Waals surface area contributed by atoms with Crippen molar-refractivity contribution in [3.05, 3.63) is 29.5 Å². The summed E-state index contributed by atoms with van der Waals surface area (Å²) in [5.41, 5.74) is 1.28. The Kier molecular flexibility index (Phi) is 4.24. The molecule has 0 bridgehead atoms. The number of nitrogens with zero attached hydrogens (tertiary/aromatic N) is 1. The van der Waals surface area contributed by atoms with Gasteiger partial charge in [0.15, 0.2) is 16.6 Å². The Hall–Kier alpha value is -2.08. The van der Waals surface area contributed by atoms with E-state index in [0.717, 1.165) is 5.56 Å². The quantitative estimate of drug-likeness (QED) is 0.677. The summed E-state index contributed by atoms with van der Waals surface area (Å²) in [5, 5.41) is 3.28. The van der Waals surface area contributed by atoms with Gasteiger partial charge in [-0.3, -0.25) is 9.69 Å². The lowest BCUT2D eigenvalue weighted by Gasteiger charge is -2.09. The lowest BCUT2D eigenvalue weighted by Crippen LogP contribution is -2.25. The molecule has 1 aliphatic heterocycles. The van der Waals surface area contributed by atoms with Crippen molar-refractivity contribution in [2.24, 2.45) is 0 Å². The molecule has 2 rings (SSSR count). The van der Waals surface area contributed by atoms with Crippen LogP contribution in [0.15, 0.2) is 23.9 Å². The Bertz CT molecular complexity index is 584. The Morgan fingerprint density at radius 2 is 2.15 bits per heavy atom. The van der Waals surface area contributed by atoms with E-state index in [1.54, 1.807) is 20.2 Å². The maximum atomic E-state index is 11.9. The minimum atomic E-state index is -0.150. The molecule has 1 aromatic carbocycles. The summed E-state index contributed by atoms with van der Waals surface area (Å²) in [6.45, 7) is 2.48. The molecule has 0 unspecified atom stereocenters. The zero-order chi connectivity index (χ0) is 14.7. The highest BCUT2D eigenvalue weighted by molar-refractivity contribution is 7.80. The molecule has 1 amide bonds. The van der Waals surface area contributed by atoms with Crippen molar-refractivity contribution in [3.8, 4) is 11.5 Å². The molecule has 0 saturated carbocycles. The molecule has 1 aromatic rings. The largest absolute Gasteiger partial charge is 0.493 e. The maximum Gasteiger partial charge on any atom is 0.276 e. The molecule has 6 heteroatoms. The summed E-state index contributed by atoms with van der Waals surface area (Å²) in [5.74, 6) is 1.15. The number of nitrogens with one attached hydrogen (secondary N) is 1. The second kappa shape index (κ2) is 5.92. The fourth-order valence-corrected chi connectivity index (χ4v) is 2.03. The van der Waals surface area contributed by atoms with Crippen LogP contribution < -0.4 is 14.8 Å². The molecule has 1 aliphatic rings. The number of benzene rings is 1. The lowest BCUT2D eigenvalue weighted by atomic mass is 10.1. The molecular formula is C14H16N2O3S. The van der Waals surface area contributed by atoms with Gasteiger partial charge in [0, 0.05) is 7.05 Å². The van der Waals surface area contributed by atoms with E-state index in [-0.39, 0.29) is 5.91 Å². The molecular weight excluding hydrogens is 276 g/mol. The van der Waals surface area contributed by atoms with E-state index in [1.165, 1.54) is 4.90 Å². The van der Waals surface area contributed by atoms with Gasteiger partial charge in [0.25, 0.3) is 5.91 Å². The van der Waals surface area contributed by atoms with E-state index in [9.17, 15) is 4.79 Å². The third-order valence-electron chi connectivity index (χ3n) is 2.88. The van der Waals surface area contributed by atoms with Gasteiger partial charge >= 0.3 is 0 Å². The highest BCUT2D eigenvalue weighted by atomic mass is 32.1. The van der Waals surface area contributed by atoms with Gasteiger partial charge in [-0.05, 0) is 42.9 Å². The predicted molar refractivity (Wildman–Crippen MR) is 80.6 cm³/mol. The van der Waals surface area contributed by atoms with Gasteiger partial charge in [0.05, 0.1) is 13.7 Å². The smallest absolute Gasteiger partial charge is 0.276 e. The van der Waals surface area contributed by atoms with Gasteiger partial charge in [-0.1, -0.05) is 6.07 Å². The predicted octanol–water partition coefficient (Wildman–Crippen LogP) is 1.78. The average molecular weight is 292 g/mol. The van der Waals surface area contributed by atoms with Gasteiger partial charge in [-0.2, -0.15) is 0 Å². The highest BCUT2D eigenvalue weighted by Gasteiger charge is 2.26. The molecule has 20 heavy (non-hydrogen) atoms. The second-order valence-corrected chi connectivity index (χ2v) is 4.58. The number of likely N-dealkylation sites (N-methyl/N-ethyl adjacent to an activating group) is 1. The monoisotopic (exact) mass is 292 g/mol. The summed E-state index contributed by atoms with van der Waals surface area (Å²) in [7, 11) is 3.22. The number of amides is 1. The standard InChI is InChI=1S/C14H16N2O3S/c1-4-19-11-6-5-9(8-12(11)18-3)7-10-13(17)16(2)14(20)15-10/h5-8H,4H2,1-3H3,(H,15,20)/b10-7+. The fourth-order valence-electron chi connectivity index (χ4n) is 1.84. The van der Waals surface area contributed by atoms with Gasteiger partial charge in [-0.25, -0.2) is 0 Å². The van der Waals surface area contributed by atoms with E-state index in [4.69, 9.17) is 21.7 Å². The number of carbonyl (C=O) groups excluding carboxylic acids is 1. The van der Waals surface area contributed by atoms with Crippen LogP contribution in [0.25, 0.3) is 6.08 Å². The van der Waals surface area contributed by atoms with Crippen LogP contribution in [0.2, 0.25) is 0 Å². The molecule has 1 fully saturated rings. The first kappa shape index (κ1) is 14.3. The maximum absolute atomic E-state index is 11.9. The fraction of sp³-hybridized carbons (Fsp3) is 0.286. The lowest BCUT2D eigenvalue weighted by molar-refractivity contribution is -0.121. The molecule has 5 nitrogen and oxygen atoms in total. The van der Waals surface area contributed by atoms with Crippen LogP contribution in [0.1, 0.15) is 12.5 Å². The number of carbonyl (C=O) groups is 1. The molecule has 0 aliphatic carbocycles. The average Bonchev–Trinajstić information content (AvgIpc) is 2.68. The van der Waals surface area contributed by atoms with Crippen LogP contribution in [0.4, 0.5) is 0 Å². The summed E-state index contributed by atoms with van der Waals surface area (Å²) in [6, 6.07) is 5.49. The van der Waals surface area contributed by atoms with Crippen molar-refractivity contribution < 1.29 is 14.3 Å². The first-order valence-electron chi connectivity index (χ1n) is 6.18. The summed E-state index contributed by atoms with van der Waals surface area (Å²) in [4.78, 5) is 13.3. The van der Waals surface area contributed by atoms with Crippen LogP contribution in [0, 0.1) is 0 Å². The second-order valence-electron chi connectivity index (χ2n) is 4.20. The zero-order valence-corrected chi connectivity index (χ0v) is 12.4. The summed E-state index contributed by atoms with van der Waals surface area (Å²) in [6.07, 6.45) is 1.73. The highest BCUT2D eigenvalue weighted by Crippen LogP contribution is 2.29. The minimum Gasteiger partial charge on any atom is -0.493 e. The van der Waals surface area contributed by atoms with E-state index in [1.807, 2.05) is 25.1 Å². The zero-order valence-electron chi connectivity index (χ0n) is 11.6. The number of ether oxygens (including phenoxy) is 2. The SMILES string of the molecule is CCOc1ccc(/C=C2/NC(=S)N(C)C2=O)cc1OC.